The molecule has 1 heterocycles. The Labute approximate surface area is 156 Å². The van der Waals surface area contributed by atoms with Gasteiger partial charge in [-0.3, -0.25) is 4.79 Å². The molecule has 3 rings (SSSR count). The van der Waals surface area contributed by atoms with Gasteiger partial charge in [-0.1, -0.05) is 12.1 Å². The van der Waals surface area contributed by atoms with Gasteiger partial charge in [-0.05, 0) is 23.8 Å². The van der Waals surface area contributed by atoms with E-state index in [1.54, 1.807) is 0 Å². The molecule has 0 atom stereocenters. The first kappa shape index (κ1) is 20.9. The van der Waals surface area contributed by atoms with E-state index in [1.165, 1.54) is 24.4 Å². The predicted octanol–water partition coefficient (Wildman–Crippen LogP) is 1.00. The third-order valence-electron chi connectivity index (χ3n) is 3.59. The highest BCUT2D eigenvalue weighted by Gasteiger charge is 2.24. The van der Waals surface area contributed by atoms with Gasteiger partial charge >= 0.3 is 13.7 Å². The van der Waals surface area contributed by atoms with Crippen LogP contribution in [0.3, 0.4) is 0 Å². The molecule has 28 heavy (non-hydrogen) atoms. The number of nitrogen functional groups attached to an aromatic ring is 1. The Morgan fingerprint density at radius 2 is 1.89 bits per heavy atom. The molecule has 0 amide bonds. The van der Waals surface area contributed by atoms with Crippen LogP contribution >= 0.6 is 0 Å². The lowest BCUT2D eigenvalue weighted by Gasteiger charge is -2.15. The quantitative estimate of drug-likeness (QED) is 0.379. The second-order valence-electron chi connectivity index (χ2n) is 5.23. The van der Waals surface area contributed by atoms with Crippen molar-refractivity contribution in [2.45, 2.75) is 6.61 Å². The number of carbonyl (C=O) groups is 1. The van der Waals surface area contributed by atoms with Crippen LogP contribution in [0.5, 0.6) is 5.75 Å². The number of ether oxygens (including phenoxy) is 1. The number of rotatable bonds is 4. The van der Waals surface area contributed by atoms with Crippen LogP contribution in [-0.2, 0) is 4.79 Å². The molecular formula is C16H13BF3N3O5. The van der Waals surface area contributed by atoms with Crippen molar-refractivity contribution in [3.8, 4) is 16.9 Å². The van der Waals surface area contributed by atoms with Crippen LogP contribution in [0.2, 0.25) is 0 Å². The lowest BCUT2D eigenvalue weighted by atomic mass is 9.78. The summed E-state index contributed by atoms with van der Waals surface area (Å²) in [6.07, 6.45) is 1.34. The number of alkyl halides is 2. The standard InChI is InChI=1S/C15H11BF3N3O3.CH2O2/c17-14-9(16(23)24)3-4-12(25-15(18)19)13(14)7-1-2-8-10(20)6-21-22-11(8)5-7;2-1-3/h1-6,15,23-24H,(H2,20,22);1H,(H,2,3). The van der Waals surface area contributed by atoms with E-state index in [1.807, 2.05) is 0 Å². The molecule has 12 heteroatoms. The summed E-state index contributed by atoms with van der Waals surface area (Å²) < 4.78 is 44.3. The fraction of sp³-hybridized carbons (Fsp3) is 0.0625. The molecule has 0 saturated heterocycles. The van der Waals surface area contributed by atoms with Crippen LogP contribution in [0.15, 0.2) is 36.5 Å². The van der Waals surface area contributed by atoms with Gasteiger partial charge in [-0.25, -0.2) is 4.39 Å². The number of nitrogens with zero attached hydrogens (tertiary/aromatic N) is 2. The second kappa shape index (κ2) is 9.02. The molecule has 0 radical (unpaired) electrons. The normalized spacial score (nSPS) is 10.4. The van der Waals surface area contributed by atoms with Gasteiger partial charge in [0.15, 0.2) is 0 Å². The Kier molecular flexibility index (Phi) is 6.74. The summed E-state index contributed by atoms with van der Waals surface area (Å²) in [6, 6.07) is 6.35. The maximum Gasteiger partial charge on any atom is 0.491 e. The highest BCUT2D eigenvalue weighted by Crippen LogP contribution is 2.35. The monoisotopic (exact) mass is 395 g/mol. The van der Waals surface area contributed by atoms with Crippen LogP contribution in [0.4, 0.5) is 18.9 Å². The average molecular weight is 395 g/mol. The van der Waals surface area contributed by atoms with Crippen LogP contribution < -0.4 is 15.9 Å². The van der Waals surface area contributed by atoms with Gasteiger partial charge in [-0.2, -0.15) is 19.0 Å². The van der Waals surface area contributed by atoms with Crippen molar-refractivity contribution < 1.29 is 37.9 Å². The fourth-order valence-corrected chi connectivity index (χ4v) is 2.47. The summed E-state index contributed by atoms with van der Waals surface area (Å²) in [4.78, 5) is 8.36. The van der Waals surface area contributed by atoms with Gasteiger partial charge < -0.3 is 25.6 Å². The minimum absolute atomic E-state index is 0.142. The van der Waals surface area contributed by atoms with E-state index >= 15 is 0 Å². The molecule has 5 N–H and O–H groups in total. The van der Waals surface area contributed by atoms with Gasteiger partial charge in [0.25, 0.3) is 6.47 Å². The van der Waals surface area contributed by atoms with E-state index in [0.29, 0.717) is 16.6 Å². The minimum Gasteiger partial charge on any atom is -0.483 e. The number of anilines is 1. The molecule has 0 bridgehead atoms. The summed E-state index contributed by atoms with van der Waals surface area (Å²) in [7, 11) is -2.12. The lowest BCUT2D eigenvalue weighted by Crippen LogP contribution is -2.33. The number of aromatic nitrogens is 2. The number of hydrogen-bond acceptors (Lipinski definition) is 7. The molecule has 2 aromatic carbocycles. The molecule has 8 nitrogen and oxygen atoms in total. The lowest BCUT2D eigenvalue weighted by molar-refractivity contribution is -0.122. The molecule has 0 saturated carbocycles. The van der Waals surface area contributed by atoms with E-state index in [9.17, 15) is 23.2 Å². The Bertz CT molecular complexity index is 991. The van der Waals surface area contributed by atoms with Crippen molar-refractivity contribution in [3.63, 3.8) is 0 Å². The van der Waals surface area contributed by atoms with Gasteiger partial charge in [0.2, 0.25) is 0 Å². The van der Waals surface area contributed by atoms with E-state index in [4.69, 9.17) is 15.6 Å². The second-order valence-corrected chi connectivity index (χ2v) is 5.23. The van der Waals surface area contributed by atoms with Crippen molar-refractivity contribution in [2.24, 2.45) is 0 Å². The van der Waals surface area contributed by atoms with Gasteiger partial charge in [0.05, 0.1) is 23.0 Å². The minimum atomic E-state index is -3.18. The molecular weight excluding hydrogens is 382 g/mol. The van der Waals surface area contributed by atoms with Crippen molar-refractivity contribution in [3.05, 3.63) is 42.3 Å². The highest BCUT2D eigenvalue weighted by molar-refractivity contribution is 6.58. The average Bonchev–Trinajstić information content (AvgIpc) is 2.62. The van der Waals surface area contributed by atoms with Gasteiger partial charge in [0, 0.05) is 10.8 Å². The zero-order valence-electron chi connectivity index (χ0n) is 14.0. The van der Waals surface area contributed by atoms with E-state index in [-0.39, 0.29) is 17.6 Å². The highest BCUT2D eigenvalue weighted by atomic mass is 19.3. The van der Waals surface area contributed by atoms with Crippen LogP contribution in [0.25, 0.3) is 22.0 Å². The number of hydrogen-bond donors (Lipinski definition) is 4. The Morgan fingerprint density at radius 1 is 1.21 bits per heavy atom. The van der Waals surface area contributed by atoms with E-state index in [2.05, 4.69) is 14.9 Å². The summed E-state index contributed by atoms with van der Waals surface area (Å²) >= 11 is 0. The fourth-order valence-electron chi connectivity index (χ4n) is 2.47. The van der Waals surface area contributed by atoms with Crippen LogP contribution in [-0.4, -0.2) is 45.6 Å². The van der Waals surface area contributed by atoms with Gasteiger partial charge in [-0.15, -0.1) is 0 Å². The zero-order chi connectivity index (χ0) is 20.8. The smallest absolute Gasteiger partial charge is 0.483 e. The van der Waals surface area contributed by atoms with Gasteiger partial charge in [0.1, 0.15) is 11.6 Å². The Balaban J connectivity index is 0.000000878. The molecule has 0 spiro atoms. The van der Waals surface area contributed by atoms with Crippen molar-refractivity contribution in [1.82, 2.24) is 10.2 Å². The number of benzene rings is 2. The molecule has 0 unspecified atom stereocenters. The molecule has 146 valence electrons. The van der Waals surface area contributed by atoms with Crippen molar-refractivity contribution in [1.29, 1.82) is 0 Å². The molecule has 0 fully saturated rings. The van der Waals surface area contributed by atoms with Crippen LogP contribution in [0.1, 0.15) is 0 Å². The Hall–Kier alpha value is -3.38. The largest absolute Gasteiger partial charge is 0.491 e. The molecule has 3 aromatic rings. The Morgan fingerprint density at radius 3 is 2.50 bits per heavy atom. The number of carboxylic acid groups (broad SMARTS) is 1. The molecule has 0 aliphatic carbocycles. The van der Waals surface area contributed by atoms with E-state index < -0.39 is 30.8 Å². The first-order chi connectivity index (χ1) is 13.3. The van der Waals surface area contributed by atoms with Crippen molar-refractivity contribution in [2.75, 3.05) is 5.73 Å². The third-order valence-corrected chi connectivity index (χ3v) is 3.59. The summed E-state index contributed by atoms with van der Waals surface area (Å²) in [5.41, 5.74) is 5.75. The summed E-state index contributed by atoms with van der Waals surface area (Å²) in [5.74, 6) is -1.54. The number of halogens is 3. The summed E-state index contributed by atoms with van der Waals surface area (Å²) in [5, 5.41) is 33.5. The maximum atomic E-state index is 14.7. The molecule has 0 aliphatic rings. The SMILES string of the molecule is Nc1cnnc2cc(-c3c(OC(F)F)ccc(B(O)O)c3F)ccc12.O=CO. The molecule has 0 aliphatic heterocycles. The number of fused-ring (bicyclic) bond motifs is 1. The predicted molar refractivity (Wildman–Crippen MR) is 94.5 cm³/mol. The first-order valence-corrected chi connectivity index (χ1v) is 7.52. The van der Waals surface area contributed by atoms with E-state index in [0.717, 1.165) is 12.1 Å². The first-order valence-electron chi connectivity index (χ1n) is 7.52. The molecule has 1 aromatic heterocycles. The van der Waals surface area contributed by atoms with Crippen LogP contribution in [0, 0.1) is 5.82 Å². The van der Waals surface area contributed by atoms with Crippen molar-refractivity contribution >= 4 is 35.6 Å². The summed E-state index contributed by atoms with van der Waals surface area (Å²) in [6.45, 7) is -3.43. The zero-order valence-corrected chi connectivity index (χ0v) is 14.0. The maximum absolute atomic E-state index is 14.7. The third kappa shape index (κ3) is 4.47. The topological polar surface area (TPSA) is 139 Å². The number of nitrogens with two attached hydrogens (primary N) is 1.